The lowest BCUT2D eigenvalue weighted by Gasteiger charge is -2.26. The minimum Gasteiger partial charge on any atom is -0.392 e. The van der Waals surface area contributed by atoms with Crippen LogP contribution in [0.2, 0.25) is 0 Å². The fourth-order valence-corrected chi connectivity index (χ4v) is 3.01. The van der Waals surface area contributed by atoms with Crippen LogP contribution in [0.5, 0.6) is 0 Å². The van der Waals surface area contributed by atoms with Crippen molar-refractivity contribution in [3.05, 3.63) is 71.8 Å². The molecule has 3 atom stereocenters. The molecule has 2 aromatic rings. The molecule has 2 aromatic carbocycles. The van der Waals surface area contributed by atoms with Gasteiger partial charge in [0.2, 0.25) is 0 Å². The van der Waals surface area contributed by atoms with Crippen molar-refractivity contribution >= 4 is 5.78 Å². The fraction of sp³-hybridized carbons (Fsp3) is 0.381. The fourth-order valence-electron chi connectivity index (χ4n) is 3.01. The Labute approximate surface area is 144 Å². The second-order valence-corrected chi connectivity index (χ2v) is 6.20. The predicted molar refractivity (Wildman–Crippen MR) is 95.9 cm³/mol. The highest BCUT2D eigenvalue weighted by molar-refractivity contribution is 5.98. The monoisotopic (exact) mass is 326 g/mol. The van der Waals surface area contributed by atoms with Crippen LogP contribution in [-0.4, -0.2) is 28.2 Å². The Morgan fingerprint density at radius 2 is 1.42 bits per heavy atom. The van der Waals surface area contributed by atoms with Crippen LogP contribution in [0.25, 0.3) is 0 Å². The van der Waals surface area contributed by atoms with Crippen LogP contribution in [0.1, 0.15) is 42.1 Å². The van der Waals surface area contributed by atoms with Crippen molar-refractivity contribution in [1.29, 1.82) is 0 Å². The molecule has 0 aliphatic rings. The molecule has 2 N–H and O–H groups in total. The third kappa shape index (κ3) is 5.02. The normalized spacial score (nSPS) is 14.8. The highest BCUT2D eigenvalue weighted by Gasteiger charge is 2.33. The Bertz CT molecular complexity index is 609. The zero-order valence-corrected chi connectivity index (χ0v) is 14.1. The Balaban J connectivity index is 2.11. The van der Waals surface area contributed by atoms with E-state index in [1.165, 1.54) is 0 Å². The van der Waals surface area contributed by atoms with Gasteiger partial charge in [-0.25, -0.2) is 0 Å². The van der Waals surface area contributed by atoms with Gasteiger partial charge in [-0.15, -0.1) is 0 Å². The van der Waals surface area contributed by atoms with Crippen molar-refractivity contribution in [2.75, 3.05) is 0 Å². The van der Waals surface area contributed by atoms with E-state index in [-0.39, 0.29) is 5.78 Å². The molecule has 0 radical (unpaired) electrons. The standard InChI is InChI=1S/C21H26O3/c1-2-9-18(22)20(21(24)17-12-7-4-8-13-17)19(23)15-14-16-10-5-3-6-11-16/h3-8,10-13,18-20,22-23H,2,9,14-15H2,1H3/t18-,19+,20+/m0/s1. The molecule has 0 spiro atoms. The van der Waals surface area contributed by atoms with E-state index in [4.69, 9.17) is 0 Å². The van der Waals surface area contributed by atoms with Crippen LogP contribution < -0.4 is 0 Å². The van der Waals surface area contributed by atoms with Crippen LogP contribution in [-0.2, 0) is 6.42 Å². The average molecular weight is 326 g/mol. The maximum absolute atomic E-state index is 12.8. The lowest BCUT2D eigenvalue weighted by Crippen LogP contribution is -2.38. The van der Waals surface area contributed by atoms with Crippen molar-refractivity contribution < 1.29 is 15.0 Å². The van der Waals surface area contributed by atoms with E-state index in [1.807, 2.05) is 43.3 Å². The maximum Gasteiger partial charge on any atom is 0.171 e. The predicted octanol–water partition coefficient (Wildman–Crippen LogP) is 3.64. The number of benzene rings is 2. The summed E-state index contributed by atoms with van der Waals surface area (Å²) in [5, 5.41) is 21.0. The molecule has 3 heteroatoms. The first-order valence-electron chi connectivity index (χ1n) is 8.62. The summed E-state index contributed by atoms with van der Waals surface area (Å²) in [4.78, 5) is 12.8. The van der Waals surface area contributed by atoms with Gasteiger partial charge in [-0.2, -0.15) is 0 Å². The maximum atomic E-state index is 12.8. The van der Waals surface area contributed by atoms with E-state index in [0.717, 1.165) is 12.0 Å². The van der Waals surface area contributed by atoms with Gasteiger partial charge in [0.25, 0.3) is 0 Å². The number of aliphatic hydroxyl groups is 2. The van der Waals surface area contributed by atoms with Crippen molar-refractivity contribution in [1.82, 2.24) is 0 Å². The molecule has 128 valence electrons. The summed E-state index contributed by atoms with van der Waals surface area (Å²) in [7, 11) is 0. The summed E-state index contributed by atoms with van der Waals surface area (Å²) in [6.07, 6.45) is 0.720. The Morgan fingerprint density at radius 3 is 2.00 bits per heavy atom. The number of carbonyl (C=O) groups excluding carboxylic acids is 1. The van der Waals surface area contributed by atoms with Gasteiger partial charge in [-0.1, -0.05) is 74.0 Å². The summed E-state index contributed by atoms with van der Waals surface area (Å²) in [5.74, 6) is -0.965. The Hall–Kier alpha value is -1.97. The van der Waals surface area contributed by atoms with Crippen LogP contribution >= 0.6 is 0 Å². The van der Waals surface area contributed by atoms with Gasteiger partial charge >= 0.3 is 0 Å². The molecule has 0 bridgehead atoms. The Kier molecular flexibility index (Phi) is 7.16. The van der Waals surface area contributed by atoms with E-state index >= 15 is 0 Å². The number of hydrogen-bond donors (Lipinski definition) is 2. The molecular weight excluding hydrogens is 300 g/mol. The van der Waals surface area contributed by atoms with Gasteiger partial charge < -0.3 is 10.2 Å². The SMILES string of the molecule is CCC[C@H](O)[C@@H](C(=O)c1ccccc1)[C@H](O)CCc1ccccc1. The highest BCUT2D eigenvalue weighted by atomic mass is 16.3. The van der Waals surface area contributed by atoms with Crippen molar-refractivity contribution in [3.8, 4) is 0 Å². The molecule has 0 heterocycles. The van der Waals surface area contributed by atoms with Gasteiger partial charge in [0.1, 0.15) is 0 Å². The number of aryl methyl sites for hydroxylation is 1. The topological polar surface area (TPSA) is 57.5 Å². The molecule has 0 saturated heterocycles. The third-order valence-electron chi connectivity index (χ3n) is 4.35. The molecule has 0 aliphatic heterocycles. The number of hydrogen-bond acceptors (Lipinski definition) is 3. The minimum absolute atomic E-state index is 0.183. The Morgan fingerprint density at radius 1 is 0.875 bits per heavy atom. The first-order valence-corrected chi connectivity index (χ1v) is 8.62. The van der Waals surface area contributed by atoms with Gasteiger partial charge in [0.15, 0.2) is 5.78 Å². The van der Waals surface area contributed by atoms with Gasteiger partial charge in [-0.3, -0.25) is 4.79 Å². The van der Waals surface area contributed by atoms with Crippen molar-refractivity contribution in [2.24, 2.45) is 5.92 Å². The lowest BCUT2D eigenvalue weighted by molar-refractivity contribution is 0.00997. The number of rotatable bonds is 9. The van der Waals surface area contributed by atoms with E-state index in [1.54, 1.807) is 24.3 Å². The molecular formula is C21H26O3. The van der Waals surface area contributed by atoms with E-state index in [0.29, 0.717) is 24.8 Å². The molecule has 0 aliphatic carbocycles. The molecule has 2 rings (SSSR count). The van der Waals surface area contributed by atoms with Gasteiger partial charge in [0.05, 0.1) is 18.1 Å². The van der Waals surface area contributed by atoms with Crippen molar-refractivity contribution in [3.63, 3.8) is 0 Å². The van der Waals surface area contributed by atoms with E-state index in [9.17, 15) is 15.0 Å². The molecule has 0 amide bonds. The number of aliphatic hydroxyl groups excluding tert-OH is 2. The largest absolute Gasteiger partial charge is 0.392 e. The highest BCUT2D eigenvalue weighted by Crippen LogP contribution is 2.23. The summed E-state index contributed by atoms with van der Waals surface area (Å²) in [6, 6.07) is 18.8. The summed E-state index contributed by atoms with van der Waals surface area (Å²) in [5.41, 5.74) is 1.66. The second-order valence-electron chi connectivity index (χ2n) is 6.20. The molecule has 3 nitrogen and oxygen atoms in total. The average Bonchev–Trinajstić information content (AvgIpc) is 2.62. The third-order valence-corrected chi connectivity index (χ3v) is 4.35. The summed E-state index contributed by atoms with van der Waals surface area (Å²) in [6.45, 7) is 1.96. The first kappa shape index (κ1) is 18.4. The molecule has 0 fully saturated rings. The quantitative estimate of drug-likeness (QED) is 0.692. The summed E-state index contributed by atoms with van der Waals surface area (Å²) < 4.78 is 0. The van der Waals surface area contributed by atoms with Crippen LogP contribution in [0, 0.1) is 5.92 Å². The lowest BCUT2D eigenvalue weighted by atomic mass is 9.83. The minimum atomic E-state index is -0.862. The van der Waals surface area contributed by atoms with E-state index in [2.05, 4.69) is 0 Å². The van der Waals surface area contributed by atoms with Crippen LogP contribution in [0.4, 0.5) is 0 Å². The molecule has 0 unspecified atom stereocenters. The zero-order valence-electron chi connectivity index (χ0n) is 14.1. The van der Waals surface area contributed by atoms with Crippen molar-refractivity contribution in [2.45, 2.75) is 44.8 Å². The number of Topliss-reactive ketones (excluding diaryl/α,β-unsaturated/α-hetero) is 1. The zero-order chi connectivity index (χ0) is 17.4. The first-order chi connectivity index (χ1) is 11.6. The molecule has 0 saturated carbocycles. The molecule has 0 aromatic heterocycles. The number of ketones is 1. The second kappa shape index (κ2) is 9.36. The summed E-state index contributed by atoms with van der Waals surface area (Å²) >= 11 is 0. The van der Waals surface area contributed by atoms with Gasteiger partial charge in [0, 0.05) is 5.56 Å². The van der Waals surface area contributed by atoms with Gasteiger partial charge in [-0.05, 0) is 24.8 Å². The van der Waals surface area contributed by atoms with E-state index < -0.39 is 18.1 Å². The number of carbonyl (C=O) groups is 1. The molecule has 24 heavy (non-hydrogen) atoms. The van der Waals surface area contributed by atoms with Crippen LogP contribution in [0.3, 0.4) is 0 Å². The van der Waals surface area contributed by atoms with Crippen LogP contribution in [0.15, 0.2) is 60.7 Å². The smallest absolute Gasteiger partial charge is 0.171 e.